The van der Waals surface area contributed by atoms with Gasteiger partial charge in [0.1, 0.15) is 24.0 Å². The van der Waals surface area contributed by atoms with Gasteiger partial charge in [-0.05, 0) is 42.8 Å². The molecule has 0 unspecified atom stereocenters. The number of hydrogen-bond donors (Lipinski definition) is 0. The van der Waals surface area contributed by atoms with Gasteiger partial charge in [-0.2, -0.15) is 0 Å². The molecule has 0 aliphatic carbocycles. The highest BCUT2D eigenvalue weighted by Crippen LogP contribution is 2.21. The lowest BCUT2D eigenvalue weighted by Gasteiger charge is -2.11. The SMILES string of the molecule is Cc1cccc(OCc2nc3ccccc3n2Cc2ccccc2F)c1. The molecule has 0 bridgehead atoms. The maximum Gasteiger partial charge on any atom is 0.148 e. The predicted octanol–water partition coefficient (Wildman–Crippen LogP) is 5.11. The molecule has 130 valence electrons. The summed E-state index contributed by atoms with van der Waals surface area (Å²) in [6, 6.07) is 22.6. The molecular weight excluding hydrogens is 327 g/mol. The first-order valence-corrected chi connectivity index (χ1v) is 8.58. The van der Waals surface area contributed by atoms with Crippen molar-refractivity contribution in [1.29, 1.82) is 0 Å². The normalized spacial score (nSPS) is 11.0. The molecule has 0 N–H and O–H groups in total. The Bertz CT molecular complexity index is 1050. The van der Waals surface area contributed by atoms with Gasteiger partial charge < -0.3 is 9.30 Å². The number of hydrogen-bond acceptors (Lipinski definition) is 2. The van der Waals surface area contributed by atoms with Gasteiger partial charge in [0.05, 0.1) is 17.6 Å². The topological polar surface area (TPSA) is 27.1 Å². The lowest BCUT2D eigenvalue weighted by atomic mass is 10.2. The molecule has 0 saturated heterocycles. The Labute approximate surface area is 151 Å². The number of para-hydroxylation sites is 2. The number of aryl methyl sites for hydroxylation is 1. The largest absolute Gasteiger partial charge is 0.486 e. The van der Waals surface area contributed by atoms with Crippen LogP contribution in [0.4, 0.5) is 4.39 Å². The lowest BCUT2D eigenvalue weighted by molar-refractivity contribution is 0.291. The third-order valence-corrected chi connectivity index (χ3v) is 4.38. The molecule has 3 nitrogen and oxygen atoms in total. The summed E-state index contributed by atoms with van der Waals surface area (Å²) in [5, 5.41) is 0. The number of aromatic nitrogens is 2. The summed E-state index contributed by atoms with van der Waals surface area (Å²) in [5.41, 5.74) is 3.63. The molecule has 0 aliphatic heterocycles. The van der Waals surface area contributed by atoms with E-state index in [9.17, 15) is 4.39 Å². The Kier molecular flexibility index (Phi) is 4.40. The van der Waals surface area contributed by atoms with E-state index in [1.165, 1.54) is 6.07 Å². The number of halogens is 1. The Morgan fingerprint density at radius 2 is 1.77 bits per heavy atom. The van der Waals surface area contributed by atoms with Crippen LogP contribution in [-0.2, 0) is 13.2 Å². The summed E-state index contributed by atoms with van der Waals surface area (Å²) in [6.07, 6.45) is 0. The van der Waals surface area contributed by atoms with Crippen LogP contribution in [0.1, 0.15) is 17.0 Å². The van der Waals surface area contributed by atoms with Crippen LogP contribution in [0.15, 0.2) is 72.8 Å². The van der Waals surface area contributed by atoms with Crippen LogP contribution in [-0.4, -0.2) is 9.55 Å². The van der Waals surface area contributed by atoms with Crippen molar-refractivity contribution in [1.82, 2.24) is 9.55 Å². The van der Waals surface area contributed by atoms with Crippen LogP contribution in [0.2, 0.25) is 0 Å². The quantitative estimate of drug-likeness (QED) is 0.502. The highest BCUT2D eigenvalue weighted by Gasteiger charge is 2.13. The minimum Gasteiger partial charge on any atom is -0.486 e. The Balaban J connectivity index is 1.68. The van der Waals surface area contributed by atoms with Gasteiger partial charge in [-0.3, -0.25) is 0 Å². The number of fused-ring (bicyclic) bond motifs is 1. The molecule has 4 aromatic rings. The summed E-state index contributed by atoms with van der Waals surface area (Å²) in [7, 11) is 0. The zero-order chi connectivity index (χ0) is 17.9. The average molecular weight is 346 g/mol. The van der Waals surface area contributed by atoms with Crippen molar-refractivity contribution in [3.05, 3.63) is 95.6 Å². The van der Waals surface area contributed by atoms with Gasteiger partial charge >= 0.3 is 0 Å². The van der Waals surface area contributed by atoms with Crippen molar-refractivity contribution >= 4 is 11.0 Å². The van der Waals surface area contributed by atoms with E-state index in [0.29, 0.717) is 18.7 Å². The van der Waals surface area contributed by atoms with Crippen molar-refractivity contribution in [3.63, 3.8) is 0 Å². The summed E-state index contributed by atoms with van der Waals surface area (Å²) in [5.74, 6) is 1.36. The van der Waals surface area contributed by atoms with Crippen LogP contribution in [0.3, 0.4) is 0 Å². The summed E-state index contributed by atoms with van der Waals surface area (Å²) in [6.45, 7) is 2.77. The third-order valence-electron chi connectivity index (χ3n) is 4.38. The first-order chi connectivity index (χ1) is 12.7. The van der Waals surface area contributed by atoms with Gasteiger partial charge in [0.15, 0.2) is 0 Å². The molecule has 3 aromatic carbocycles. The molecule has 0 spiro atoms. The molecule has 4 heteroatoms. The molecule has 0 aliphatic rings. The summed E-state index contributed by atoms with van der Waals surface area (Å²) >= 11 is 0. The van der Waals surface area contributed by atoms with Crippen LogP contribution in [0.5, 0.6) is 5.75 Å². The van der Waals surface area contributed by atoms with Crippen molar-refractivity contribution in [3.8, 4) is 5.75 Å². The summed E-state index contributed by atoms with van der Waals surface area (Å²) < 4.78 is 22.1. The fourth-order valence-electron chi connectivity index (χ4n) is 3.06. The predicted molar refractivity (Wildman–Crippen MR) is 101 cm³/mol. The van der Waals surface area contributed by atoms with E-state index in [-0.39, 0.29) is 5.82 Å². The number of ether oxygens (including phenoxy) is 1. The van der Waals surface area contributed by atoms with E-state index in [1.54, 1.807) is 12.1 Å². The minimum absolute atomic E-state index is 0.212. The van der Waals surface area contributed by atoms with Crippen molar-refractivity contribution < 1.29 is 9.13 Å². The molecule has 0 radical (unpaired) electrons. The van der Waals surface area contributed by atoms with Gasteiger partial charge in [-0.25, -0.2) is 9.37 Å². The maximum absolute atomic E-state index is 14.1. The van der Waals surface area contributed by atoms with Crippen molar-refractivity contribution in [2.45, 2.75) is 20.1 Å². The average Bonchev–Trinajstić information content (AvgIpc) is 3.00. The molecule has 0 fully saturated rings. The second-order valence-corrected chi connectivity index (χ2v) is 6.30. The van der Waals surface area contributed by atoms with E-state index in [1.807, 2.05) is 66.1 Å². The van der Waals surface area contributed by atoms with Gasteiger partial charge in [0, 0.05) is 5.56 Å². The number of nitrogens with zero attached hydrogens (tertiary/aromatic N) is 2. The Morgan fingerprint density at radius 1 is 0.962 bits per heavy atom. The fraction of sp³-hybridized carbons (Fsp3) is 0.136. The molecule has 4 rings (SSSR count). The van der Waals surface area contributed by atoms with Gasteiger partial charge in [0.2, 0.25) is 0 Å². The first-order valence-electron chi connectivity index (χ1n) is 8.58. The maximum atomic E-state index is 14.1. The first kappa shape index (κ1) is 16.3. The second-order valence-electron chi connectivity index (χ2n) is 6.30. The van der Waals surface area contributed by atoms with E-state index in [2.05, 4.69) is 0 Å². The zero-order valence-corrected chi connectivity index (χ0v) is 14.5. The lowest BCUT2D eigenvalue weighted by Crippen LogP contribution is -2.09. The van der Waals surface area contributed by atoms with Crippen LogP contribution >= 0.6 is 0 Å². The molecule has 0 atom stereocenters. The fourth-order valence-corrected chi connectivity index (χ4v) is 3.06. The third kappa shape index (κ3) is 3.31. The van der Waals surface area contributed by atoms with Gasteiger partial charge in [-0.1, -0.05) is 42.5 Å². The number of imidazole rings is 1. The second kappa shape index (κ2) is 7.00. The van der Waals surface area contributed by atoms with E-state index in [0.717, 1.165) is 28.2 Å². The molecule has 0 saturated carbocycles. The molecule has 26 heavy (non-hydrogen) atoms. The number of rotatable bonds is 5. The molecular formula is C22H19FN2O. The van der Waals surface area contributed by atoms with E-state index >= 15 is 0 Å². The Morgan fingerprint density at radius 3 is 2.62 bits per heavy atom. The monoisotopic (exact) mass is 346 g/mol. The van der Waals surface area contributed by atoms with E-state index in [4.69, 9.17) is 9.72 Å². The smallest absolute Gasteiger partial charge is 0.148 e. The van der Waals surface area contributed by atoms with Crippen LogP contribution in [0, 0.1) is 12.7 Å². The highest BCUT2D eigenvalue weighted by molar-refractivity contribution is 5.76. The molecule has 0 amide bonds. The number of benzene rings is 3. The van der Waals surface area contributed by atoms with Crippen LogP contribution < -0.4 is 4.74 Å². The molecule has 1 aromatic heterocycles. The van der Waals surface area contributed by atoms with Gasteiger partial charge in [-0.15, -0.1) is 0 Å². The van der Waals surface area contributed by atoms with Crippen LogP contribution in [0.25, 0.3) is 11.0 Å². The highest BCUT2D eigenvalue weighted by atomic mass is 19.1. The van der Waals surface area contributed by atoms with E-state index < -0.39 is 0 Å². The van der Waals surface area contributed by atoms with Crippen molar-refractivity contribution in [2.75, 3.05) is 0 Å². The Hall–Kier alpha value is -3.14. The molecule has 1 heterocycles. The summed E-state index contributed by atoms with van der Waals surface area (Å²) in [4.78, 5) is 4.69. The standard InChI is InChI=1S/C22H19FN2O/c1-16-7-6-9-18(13-16)26-15-22-24-20-11-4-5-12-21(20)25(22)14-17-8-2-3-10-19(17)23/h2-13H,14-15H2,1H3. The van der Waals surface area contributed by atoms with Gasteiger partial charge in [0.25, 0.3) is 0 Å². The zero-order valence-electron chi connectivity index (χ0n) is 14.5. The van der Waals surface area contributed by atoms with Crippen molar-refractivity contribution in [2.24, 2.45) is 0 Å². The minimum atomic E-state index is -0.212.